The van der Waals surface area contributed by atoms with Crippen LogP contribution in [0.5, 0.6) is 11.5 Å². The summed E-state index contributed by atoms with van der Waals surface area (Å²) in [6.07, 6.45) is 1.53. The van der Waals surface area contributed by atoms with Gasteiger partial charge in [-0.3, -0.25) is 4.79 Å². The van der Waals surface area contributed by atoms with Gasteiger partial charge in [0.15, 0.2) is 11.5 Å². The molecule has 0 aliphatic carbocycles. The normalized spacial score (nSPS) is 11.6. The van der Waals surface area contributed by atoms with Crippen LogP contribution in [0.25, 0.3) is 6.08 Å². The summed E-state index contributed by atoms with van der Waals surface area (Å²) in [6, 6.07) is 24.3. The molecule has 0 radical (unpaired) electrons. The smallest absolute Gasteiger partial charge is 0.262 e. The first-order valence-corrected chi connectivity index (χ1v) is 12.1. The van der Waals surface area contributed by atoms with Crippen molar-refractivity contribution in [2.24, 2.45) is 0 Å². The number of hydrogen-bond acceptors (Lipinski definition) is 5. The Labute approximate surface area is 218 Å². The molecule has 3 aromatic rings. The highest BCUT2D eigenvalue weighted by atomic mass is 127. The summed E-state index contributed by atoms with van der Waals surface area (Å²) in [7, 11) is 0. The predicted molar refractivity (Wildman–Crippen MR) is 142 cm³/mol. The minimum Gasteiger partial charge on any atom is -0.490 e. The van der Waals surface area contributed by atoms with E-state index in [-0.39, 0.29) is 18.2 Å². The molecule has 0 bridgehead atoms. The van der Waals surface area contributed by atoms with Crippen LogP contribution < -0.4 is 14.8 Å². The van der Waals surface area contributed by atoms with Gasteiger partial charge < -0.3 is 14.8 Å². The fourth-order valence-corrected chi connectivity index (χ4v) is 4.18. The first kappa shape index (κ1) is 25.8. The molecule has 1 amide bonds. The SMILES string of the molecule is CCOc1cc(/C=C(/C#N)C(=O)N[C@H](C)c2ccccc2)cc(I)c1OCc1ccccc1C#N. The molecule has 1 N–H and O–H groups in total. The maximum Gasteiger partial charge on any atom is 0.262 e. The monoisotopic (exact) mass is 577 g/mol. The van der Waals surface area contributed by atoms with Gasteiger partial charge >= 0.3 is 0 Å². The van der Waals surface area contributed by atoms with Crippen molar-refractivity contribution in [2.75, 3.05) is 6.61 Å². The van der Waals surface area contributed by atoms with Crippen molar-refractivity contribution in [3.63, 3.8) is 0 Å². The molecular weight excluding hydrogens is 553 g/mol. The van der Waals surface area contributed by atoms with E-state index >= 15 is 0 Å². The first-order valence-electron chi connectivity index (χ1n) is 11.0. The van der Waals surface area contributed by atoms with Crippen LogP contribution in [0.3, 0.4) is 0 Å². The molecule has 6 nitrogen and oxygen atoms in total. The second-order valence-corrected chi connectivity index (χ2v) is 8.76. The zero-order valence-electron chi connectivity index (χ0n) is 19.4. The van der Waals surface area contributed by atoms with Gasteiger partial charge in [-0.2, -0.15) is 10.5 Å². The maximum atomic E-state index is 12.8. The molecule has 3 aromatic carbocycles. The quantitative estimate of drug-likeness (QED) is 0.194. The van der Waals surface area contributed by atoms with E-state index in [4.69, 9.17) is 9.47 Å². The van der Waals surface area contributed by atoms with E-state index in [0.717, 1.165) is 14.7 Å². The van der Waals surface area contributed by atoms with Crippen molar-refractivity contribution in [2.45, 2.75) is 26.5 Å². The number of rotatable bonds is 9. The highest BCUT2D eigenvalue weighted by molar-refractivity contribution is 14.1. The second-order valence-electron chi connectivity index (χ2n) is 7.60. The van der Waals surface area contributed by atoms with Crippen molar-refractivity contribution < 1.29 is 14.3 Å². The Kier molecular flexibility index (Phi) is 9.28. The summed E-state index contributed by atoms with van der Waals surface area (Å²) in [5.41, 5.74) is 2.90. The van der Waals surface area contributed by atoms with E-state index < -0.39 is 5.91 Å². The zero-order valence-corrected chi connectivity index (χ0v) is 21.6. The summed E-state index contributed by atoms with van der Waals surface area (Å²) < 4.78 is 12.6. The molecule has 35 heavy (non-hydrogen) atoms. The minimum atomic E-state index is -0.453. The van der Waals surface area contributed by atoms with Crippen LogP contribution >= 0.6 is 22.6 Å². The molecular formula is C28H24IN3O3. The van der Waals surface area contributed by atoms with Gasteiger partial charge in [-0.15, -0.1) is 0 Å². The molecule has 0 aliphatic heterocycles. The van der Waals surface area contributed by atoms with Crippen LogP contribution in [-0.2, 0) is 11.4 Å². The fourth-order valence-electron chi connectivity index (χ4n) is 3.39. The maximum absolute atomic E-state index is 12.8. The lowest BCUT2D eigenvalue weighted by atomic mass is 10.1. The van der Waals surface area contributed by atoms with E-state index in [1.165, 1.54) is 6.08 Å². The molecule has 0 aliphatic rings. The number of benzene rings is 3. The van der Waals surface area contributed by atoms with E-state index in [9.17, 15) is 15.3 Å². The predicted octanol–water partition coefficient (Wildman–Crippen LogP) is 5.92. The molecule has 176 valence electrons. The third kappa shape index (κ3) is 6.84. The van der Waals surface area contributed by atoms with Gasteiger partial charge in [0.2, 0.25) is 0 Å². The summed E-state index contributed by atoms with van der Waals surface area (Å²) in [4.78, 5) is 12.8. The first-order chi connectivity index (χ1) is 17.0. The Hall–Kier alpha value is -3.82. The lowest BCUT2D eigenvalue weighted by Gasteiger charge is -2.16. The molecule has 0 saturated carbocycles. The van der Waals surface area contributed by atoms with Gasteiger partial charge in [-0.25, -0.2) is 0 Å². The summed E-state index contributed by atoms with van der Waals surface area (Å²) in [6.45, 7) is 4.35. The molecule has 0 unspecified atom stereocenters. The van der Waals surface area contributed by atoms with Gasteiger partial charge in [-0.1, -0.05) is 48.5 Å². The Balaban J connectivity index is 1.84. The van der Waals surface area contributed by atoms with Crippen LogP contribution in [0.2, 0.25) is 0 Å². The van der Waals surface area contributed by atoms with Gasteiger partial charge in [0.25, 0.3) is 5.91 Å². The number of nitriles is 2. The van der Waals surface area contributed by atoms with Crippen molar-refractivity contribution in [1.82, 2.24) is 5.32 Å². The van der Waals surface area contributed by atoms with Gasteiger partial charge in [0.1, 0.15) is 18.2 Å². The molecule has 1 atom stereocenters. The number of amides is 1. The van der Waals surface area contributed by atoms with Crippen molar-refractivity contribution >= 4 is 34.6 Å². The highest BCUT2D eigenvalue weighted by Gasteiger charge is 2.16. The highest BCUT2D eigenvalue weighted by Crippen LogP contribution is 2.35. The standard InChI is InChI=1S/C28H24IN3O3/c1-3-34-26-15-20(13-24(17-31)28(33)32-19(2)21-9-5-4-6-10-21)14-25(29)27(26)35-18-23-12-8-7-11-22(23)16-30/h4-15,19H,3,18H2,1-2H3,(H,32,33)/b24-13-/t19-/m1/s1. The van der Waals surface area contributed by atoms with Gasteiger partial charge in [0.05, 0.1) is 27.9 Å². The van der Waals surface area contributed by atoms with Crippen molar-refractivity contribution in [3.05, 3.63) is 98.1 Å². The Morgan fingerprint density at radius 3 is 2.49 bits per heavy atom. The number of carbonyl (C=O) groups excluding carboxylic acids is 1. The number of nitrogens with zero attached hydrogens (tertiary/aromatic N) is 2. The van der Waals surface area contributed by atoms with Crippen LogP contribution in [0.4, 0.5) is 0 Å². The summed E-state index contributed by atoms with van der Waals surface area (Å²) in [5.74, 6) is 0.582. The third-order valence-electron chi connectivity index (χ3n) is 5.16. The number of halogens is 1. The van der Waals surface area contributed by atoms with Crippen LogP contribution in [0.15, 0.2) is 72.3 Å². The summed E-state index contributed by atoms with van der Waals surface area (Å²) >= 11 is 2.13. The number of ether oxygens (including phenoxy) is 2. The van der Waals surface area contributed by atoms with Gasteiger partial charge in [0, 0.05) is 5.56 Å². The lowest BCUT2D eigenvalue weighted by Crippen LogP contribution is -2.27. The lowest BCUT2D eigenvalue weighted by molar-refractivity contribution is -0.117. The molecule has 0 fully saturated rings. The largest absolute Gasteiger partial charge is 0.490 e. The average molecular weight is 577 g/mol. The van der Waals surface area contributed by atoms with E-state index in [2.05, 4.69) is 34.0 Å². The van der Waals surface area contributed by atoms with Crippen LogP contribution in [0, 0.1) is 26.2 Å². The third-order valence-corrected chi connectivity index (χ3v) is 5.97. The molecule has 7 heteroatoms. The van der Waals surface area contributed by atoms with E-state index in [1.807, 2.05) is 74.5 Å². The number of hydrogen-bond donors (Lipinski definition) is 1. The number of carbonyl (C=O) groups is 1. The van der Waals surface area contributed by atoms with Crippen molar-refractivity contribution in [1.29, 1.82) is 10.5 Å². The fraction of sp³-hybridized carbons (Fsp3) is 0.179. The number of nitrogens with one attached hydrogen (secondary N) is 1. The van der Waals surface area contributed by atoms with Crippen molar-refractivity contribution in [3.8, 4) is 23.6 Å². The average Bonchev–Trinajstić information content (AvgIpc) is 2.87. The summed E-state index contributed by atoms with van der Waals surface area (Å²) in [5, 5.41) is 21.8. The second kappa shape index (κ2) is 12.6. The molecule has 0 spiro atoms. The van der Waals surface area contributed by atoms with E-state index in [1.54, 1.807) is 12.1 Å². The minimum absolute atomic E-state index is 0.0114. The Bertz CT molecular complexity index is 1310. The molecule has 0 heterocycles. The van der Waals surface area contributed by atoms with E-state index in [0.29, 0.717) is 29.2 Å². The molecule has 0 aromatic heterocycles. The topological polar surface area (TPSA) is 95.1 Å². The Morgan fingerprint density at radius 2 is 1.80 bits per heavy atom. The molecule has 0 saturated heterocycles. The van der Waals surface area contributed by atoms with Crippen LogP contribution in [0.1, 0.15) is 42.1 Å². The zero-order chi connectivity index (χ0) is 25.2. The van der Waals surface area contributed by atoms with Gasteiger partial charge in [-0.05, 0) is 71.8 Å². The van der Waals surface area contributed by atoms with Crippen LogP contribution in [-0.4, -0.2) is 12.5 Å². The Morgan fingerprint density at radius 1 is 1.09 bits per heavy atom. The molecule has 3 rings (SSSR count).